The molecule has 0 radical (unpaired) electrons. The minimum Gasteiger partial charge on any atom is -0.362 e. The van der Waals surface area contributed by atoms with Crippen molar-refractivity contribution >= 4 is 9.24 Å². The summed E-state index contributed by atoms with van der Waals surface area (Å²) in [5, 5.41) is 0.0365. The zero-order valence-corrected chi connectivity index (χ0v) is 10.9. The first-order chi connectivity index (χ1) is 5.55. The molecule has 13 heavy (non-hydrogen) atoms. The summed E-state index contributed by atoms with van der Waals surface area (Å²) in [4.78, 5) is 0. The van der Waals surface area contributed by atoms with Crippen molar-refractivity contribution in [1.29, 1.82) is 0 Å². The summed E-state index contributed by atoms with van der Waals surface area (Å²) in [6, 6.07) is 0. The van der Waals surface area contributed by atoms with Crippen LogP contribution in [0.1, 0.15) is 48.0 Å². The van der Waals surface area contributed by atoms with Crippen LogP contribution in [0.3, 0.4) is 0 Å². The van der Waals surface area contributed by atoms with Crippen molar-refractivity contribution in [1.82, 2.24) is 0 Å². The van der Waals surface area contributed by atoms with Gasteiger partial charge in [0, 0.05) is 0 Å². The van der Waals surface area contributed by atoms with E-state index in [2.05, 4.69) is 50.8 Å². The third kappa shape index (κ3) is 2.92. The summed E-state index contributed by atoms with van der Waals surface area (Å²) >= 11 is 0. The number of epoxide rings is 1. The van der Waals surface area contributed by atoms with Gasteiger partial charge in [0.05, 0.1) is 6.10 Å². The van der Waals surface area contributed by atoms with Crippen molar-refractivity contribution in [2.45, 2.75) is 59.4 Å². The van der Waals surface area contributed by atoms with Crippen LogP contribution in [-0.2, 0) is 4.74 Å². The molecular weight excluding hydrogens is 179 g/mol. The number of hydrogen-bond donors (Lipinski definition) is 0. The zero-order chi connectivity index (χ0) is 10.5. The Labute approximate surface area is 84.8 Å². The average Bonchev–Trinajstić information content (AvgIpc) is 2.33. The molecule has 3 unspecified atom stereocenters. The van der Waals surface area contributed by atoms with Crippen molar-refractivity contribution < 1.29 is 4.74 Å². The molecule has 1 aliphatic rings. The van der Waals surface area contributed by atoms with Crippen LogP contribution in [-0.4, -0.2) is 11.4 Å². The molecule has 0 N–H and O–H groups in total. The maximum atomic E-state index is 5.68. The Morgan fingerprint density at radius 2 is 1.62 bits per heavy atom. The first kappa shape index (κ1) is 11.5. The molecule has 0 aliphatic carbocycles. The van der Waals surface area contributed by atoms with E-state index in [4.69, 9.17) is 4.74 Å². The van der Waals surface area contributed by atoms with Crippen molar-refractivity contribution in [2.75, 3.05) is 0 Å². The Balaban J connectivity index is 2.58. The van der Waals surface area contributed by atoms with Crippen LogP contribution in [0.25, 0.3) is 0 Å². The summed E-state index contributed by atoms with van der Waals surface area (Å²) < 4.78 is 5.68. The molecule has 0 aromatic heterocycles. The van der Waals surface area contributed by atoms with Gasteiger partial charge in [-0.05, 0) is 24.2 Å². The van der Waals surface area contributed by atoms with Crippen LogP contribution in [0.2, 0.25) is 0 Å². The summed E-state index contributed by atoms with van der Waals surface area (Å²) in [6.45, 7) is 13.6. The molecule has 1 aliphatic heterocycles. The highest BCUT2D eigenvalue weighted by atomic mass is 31.0. The fourth-order valence-corrected chi connectivity index (χ4v) is 3.20. The molecule has 1 heterocycles. The monoisotopic (exact) mass is 202 g/mol. The third-order valence-electron chi connectivity index (χ3n) is 2.53. The van der Waals surface area contributed by atoms with Gasteiger partial charge in [0.15, 0.2) is 0 Å². The molecule has 0 amide bonds. The second-order valence-electron chi connectivity index (χ2n) is 6.41. The lowest BCUT2D eigenvalue weighted by Gasteiger charge is -2.31. The van der Waals surface area contributed by atoms with Crippen LogP contribution < -0.4 is 0 Å². The van der Waals surface area contributed by atoms with Crippen LogP contribution >= 0.6 is 9.24 Å². The van der Waals surface area contributed by atoms with Crippen LogP contribution in [0, 0.1) is 10.8 Å². The van der Waals surface area contributed by atoms with E-state index in [0.29, 0.717) is 11.5 Å². The van der Waals surface area contributed by atoms with Gasteiger partial charge in [0.1, 0.15) is 5.34 Å². The quantitative estimate of drug-likeness (QED) is 0.493. The molecule has 2 heteroatoms. The van der Waals surface area contributed by atoms with E-state index >= 15 is 0 Å². The minimum absolute atomic E-state index is 0.0365. The lowest BCUT2D eigenvalue weighted by atomic mass is 9.73. The van der Waals surface area contributed by atoms with Crippen molar-refractivity contribution in [3.05, 3.63) is 0 Å². The Hall–Kier alpha value is 0.390. The van der Waals surface area contributed by atoms with Gasteiger partial charge in [-0.25, -0.2) is 0 Å². The molecule has 1 nitrogen and oxygen atoms in total. The highest BCUT2D eigenvalue weighted by Gasteiger charge is 2.56. The standard InChI is InChI=1S/C11H23OP/c1-9(2,3)7-10(4,5)8-11(6,13)12-8/h8H,7,13H2,1-6H3. The van der Waals surface area contributed by atoms with E-state index in [9.17, 15) is 0 Å². The lowest BCUT2D eigenvalue weighted by Crippen LogP contribution is -2.28. The first-order valence-corrected chi connectivity index (χ1v) is 5.59. The van der Waals surface area contributed by atoms with Crippen LogP contribution in [0.5, 0.6) is 0 Å². The molecule has 78 valence electrons. The first-order valence-electron chi connectivity index (χ1n) is 5.01. The maximum absolute atomic E-state index is 5.68. The summed E-state index contributed by atoms with van der Waals surface area (Å²) in [5.74, 6) is 0. The Kier molecular flexibility index (Phi) is 2.59. The van der Waals surface area contributed by atoms with Gasteiger partial charge < -0.3 is 4.74 Å². The summed E-state index contributed by atoms with van der Waals surface area (Å²) in [5.41, 5.74) is 0.672. The van der Waals surface area contributed by atoms with Crippen molar-refractivity contribution in [3.63, 3.8) is 0 Å². The van der Waals surface area contributed by atoms with Crippen molar-refractivity contribution in [3.8, 4) is 0 Å². The summed E-state index contributed by atoms with van der Waals surface area (Å²) in [7, 11) is 2.80. The second-order valence-corrected chi connectivity index (χ2v) is 7.55. The van der Waals surface area contributed by atoms with E-state index in [1.807, 2.05) is 0 Å². The molecule has 0 aromatic carbocycles. The smallest absolute Gasteiger partial charge is 0.105 e. The number of rotatable bonds is 2. The SMILES string of the molecule is CC(C)(C)CC(C)(C)C1OC1(C)P. The molecule has 0 aromatic rings. The van der Waals surface area contributed by atoms with Gasteiger partial charge in [0.2, 0.25) is 0 Å². The van der Waals surface area contributed by atoms with E-state index in [0.717, 1.165) is 0 Å². The Morgan fingerprint density at radius 1 is 1.23 bits per heavy atom. The van der Waals surface area contributed by atoms with Gasteiger partial charge in [0.25, 0.3) is 0 Å². The molecule has 1 rings (SSSR count). The molecule has 0 saturated carbocycles. The predicted molar refractivity (Wildman–Crippen MR) is 60.8 cm³/mol. The molecule has 1 fully saturated rings. The van der Waals surface area contributed by atoms with Gasteiger partial charge in [-0.2, -0.15) is 0 Å². The fourth-order valence-electron chi connectivity index (χ4n) is 2.61. The summed E-state index contributed by atoms with van der Waals surface area (Å²) in [6.07, 6.45) is 1.61. The number of ether oxygens (including phenoxy) is 1. The predicted octanol–water partition coefficient (Wildman–Crippen LogP) is 3.44. The molecular formula is C11H23OP. The minimum atomic E-state index is 0.0365. The van der Waals surface area contributed by atoms with E-state index < -0.39 is 0 Å². The van der Waals surface area contributed by atoms with Gasteiger partial charge in [-0.3, -0.25) is 0 Å². The Bertz CT molecular complexity index is 201. The van der Waals surface area contributed by atoms with E-state index in [-0.39, 0.29) is 10.8 Å². The van der Waals surface area contributed by atoms with E-state index in [1.54, 1.807) is 0 Å². The fraction of sp³-hybridized carbons (Fsp3) is 1.00. The maximum Gasteiger partial charge on any atom is 0.105 e. The van der Waals surface area contributed by atoms with Gasteiger partial charge in [-0.15, -0.1) is 9.24 Å². The van der Waals surface area contributed by atoms with E-state index in [1.165, 1.54) is 6.42 Å². The zero-order valence-electron chi connectivity index (χ0n) is 9.77. The molecule has 0 bridgehead atoms. The third-order valence-corrected chi connectivity index (χ3v) is 2.97. The van der Waals surface area contributed by atoms with Crippen LogP contribution in [0.4, 0.5) is 0 Å². The lowest BCUT2D eigenvalue weighted by molar-refractivity contribution is 0.160. The Morgan fingerprint density at radius 3 is 1.85 bits per heavy atom. The molecule has 3 atom stereocenters. The van der Waals surface area contributed by atoms with Gasteiger partial charge >= 0.3 is 0 Å². The number of hydrogen-bond acceptors (Lipinski definition) is 1. The largest absolute Gasteiger partial charge is 0.362 e. The second kappa shape index (κ2) is 2.94. The normalized spacial score (nSPS) is 34.8. The molecule has 0 spiro atoms. The molecule has 1 saturated heterocycles. The average molecular weight is 202 g/mol. The van der Waals surface area contributed by atoms with Crippen molar-refractivity contribution in [2.24, 2.45) is 10.8 Å². The van der Waals surface area contributed by atoms with Crippen LogP contribution in [0.15, 0.2) is 0 Å². The highest BCUT2D eigenvalue weighted by Crippen LogP contribution is 2.54. The topological polar surface area (TPSA) is 12.5 Å². The highest BCUT2D eigenvalue weighted by molar-refractivity contribution is 7.19. The van der Waals surface area contributed by atoms with Gasteiger partial charge in [-0.1, -0.05) is 34.6 Å².